The van der Waals surface area contributed by atoms with Crippen LogP contribution >= 0.6 is 0 Å². The highest BCUT2D eigenvalue weighted by atomic mass is 14.4. The van der Waals surface area contributed by atoms with Gasteiger partial charge in [0.2, 0.25) is 0 Å². The van der Waals surface area contributed by atoms with Crippen LogP contribution in [0.25, 0.3) is 21.9 Å². The maximum absolute atomic E-state index is 2.34. The first-order valence-electron chi connectivity index (χ1n) is 6.82. The van der Waals surface area contributed by atoms with Crippen molar-refractivity contribution in [2.24, 2.45) is 0 Å². The number of rotatable bonds is 0. The van der Waals surface area contributed by atoms with Gasteiger partial charge < -0.3 is 0 Å². The van der Waals surface area contributed by atoms with Gasteiger partial charge in [0.25, 0.3) is 0 Å². The van der Waals surface area contributed by atoms with Crippen LogP contribution in [0, 0.1) is 0 Å². The molecule has 0 radical (unpaired) electrons. The molecule has 3 aromatic carbocycles. The highest BCUT2D eigenvalue weighted by molar-refractivity contribution is 5.97. The summed E-state index contributed by atoms with van der Waals surface area (Å²) in [7, 11) is 0. The molecule has 0 aromatic heterocycles. The van der Waals surface area contributed by atoms with E-state index < -0.39 is 0 Å². The highest BCUT2D eigenvalue weighted by Crippen LogP contribution is 2.50. The van der Waals surface area contributed by atoms with Gasteiger partial charge in [0.15, 0.2) is 0 Å². The second kappa shape index (κ2) is 3.48. The van der Waals surface area contributed by atoms with Gasteiger partial charge in [0.1, 0.15) is 0 Å². The first-order valence-corrected chi connectivity index (χ1v) is 6.82. The Hall–Kier alpha value is -2.08. The minimum atomic E-state index is 0.0901. The predicted octanol–water partition coefficient (Wildman–Crippen LogP) is 5.15. The Balaban J connectivity index is 2.20. The van der Waals surface area contributed by atoms with Crippen LogP contribution in [0.2, 0.25) is 0 Å². The Morgan fingerprint density at radius 1 is 0.684 bits per heavy atom. The quantitative estimate of drug-likeness (QED) is 0.513. The molecule has 0 saturated heterocycles. The van der Waals surface area contributed by atoms with Gasteiger partial charge in [0, 0.05) is 5.41 Å². The van der Waals surface area contributed by atoms with Crippen molar-refractivity contribution in [2.75, 3.05) is 0 Å². The second-order valence-corrected chi connectivity index (χ2v) is 5.88. The lowest BCUT2D eigenvalue weighted by Gasteiger charge is -2.23. The van der Waals surface area contributed by atoms with Crippen LogP contribution in [-0.2, 0) is 5.41 Å². The average molecular weight is 244 g/mol. The van der Waals surface area contributed by atoms with Crippen LogP contribution in [-0.4, -0.2) is 0 Å². The topological polar surface area (TPSA) is 0 Å². The molecule has 0 heterocycles. The summed E-state index contributed by atoms with van der Waals surface area (Å²) in [6.45, 7) is 4.67. The number of benzene rings is 3. The summed E-state index contributed by atoms with van der Waals surface area (Å²) in [4.78, 5) is 0. The fourth-order valence-corrected chi connectivity index (χ4v) is 3.57. The van der Waals surface area contributed by atoms with Crippen LogP contribution in [0.15, 0.2) is 60.7 Å². The van der Waals surface area contributed by atoms with Crippen molar-refractivity contribution in [1.82, 2.24) is 0 Å². The molecule has 1 aliphatic rings. The maximum atomic E-state index is 2.34. The maximum Gasteiger partial charge on any atom is 0.0165 e. The van der Waals surface area contributed by atoms with E-state index in [1.165, 1.54) is 33.0 Å². The number of hydrogen-bond donors (Lipinski definition) is 0. The average Bonchev–Trinajstić information content (AvgIpc) is 2.68. The first-order chi connectivity index (χ1) is 9.19. The van der Waals surface area contributed by atoms with E-state index in [1.807, 2.05) is 0 Å². The third kappa shape index (κ3) is 1.29. The van der Waals surface area contributed by atoms with Crippen molar-refractivity contribution in [3.05, 3.63) is 71.8 Å². The monoisotopic (exact) mass is 244 g/mol. The van der Waals surface area contributed by atoms with Crippen LogP contribution in [0.1, 0.15) is 25.0 Å². The molecule has 0 heteroatoms. The summed E-state index contributed by atoms with van der Waals surface area (Å²) in [5, 5.41) is 2.73. The Labute approximate surface area is 113 Å². The van der Waals surface area contributed by atoms with Crippen molar-refractivity contribution in [1.29, 1.82) is 0 Å². The van der Waals surface area contributed by atoms with Crippen molar-refractivity contribution >= 4 is 10.8 Å². The van der Waals surface area contributed by atoms with Crippen LogP contribution in [0.4, 0.5) is 0 Å². The molecule has 0 nitrogen and oxygen atoms in total. The summed E-state index contributed by atoms with van der Waals surface area (Å²) in [6, 6.07) is 22.0. The summed E-state index contributed by atoms with van der Waals surface area (Å²) in [5.74, 6) is 0. The van der Waals surface area contributed by atoms with Crippen molar-refractivity contribution < 1.29 is 0 Å². The molecule has 0 saturated carbocycles. The van der Waals surface area contributed by atoms with E-state index in [4.69, 9.17) is 0 Å². The molecule has 0 fully saturated rings. The normalized spacial score (nSPS) is 15.3. The van der Waals surface area contributed by atoms with E-state index >= 15 is 0 Å². The first kappa shape index (κ1) is 10.8. The summed E-state index contributed by atoms with van der Waals surface area (Å²) in [6.07, 6.45) is 0. The molecule has 0 N–H and O–H groups in total. The molecular weight excluding hydrogens is 228 g/mol. The molecule has 0 atom stereocenters. The van der Waals surface area contributed by atoms with Gasteiger partial charge in [-0.1, -0.05) is 74.5 Å². The second-order valence-electron chi connectivity index (χ2n) is 5.88. The van der Waals surface area contributed by atoms with Gasteiger partial charge in [0.05, 0.1) is 0 Å². The van der Waals surface area contributed by atoms with E-state index in [-0.39, 0.29) is 5.41 Å². The molecule has 0 amide bonds. The van der Waals surface area contributed by atoms with E-state index in [2.05, 4.69) is 74.5 Å². The van der Waals surface area contributed by atoms with E-state index in [9.17, 15) is 0 Å². The molecule has 4 rings (SSSR count). The van der Waals surface area contributed by atoms with Crippen molar-refractivity contribution in [3.63, 3.8) is 0 Å². The molecular formula is C19H16. The summed E-state index contributed by atoms with van der Waals surface area (Å²) < 4.78 is 0. The fourth-order valence-electron chi connectivity index (χ4n) is 3.57. The minimum Gasteiger partial charge on any atom is -0.0619 e. The SMILES string of the molecule is CC1(C)c2ccccc2-c2ccc3ccccc3c21. The summed E-state index contributed by atoms with van der Waals surface area (Å²) >= 11 is 0. The summed E-state index contributed by atoms with van der Waals surface area (Å²) in [5.41, 5.74) is 5.81. The Kier molecular flexibility index (Phi) is 1.98. The molecule has 19 heavy (non-hydrogen) atoms. The Bertz CT molecular complexity index is 794. The smallest absolute Gasteiger partial charge is 0.0165 e. The van der Waals surface area contributed by atoms with Crippen molar-refractivity contribution in [2.45, 2.75) is 19.3 Å². The van der Waals surface area contributed by atoms with Gasteiger partial charge in [-0.15, -0.1) is 0 Å². The lowest BCUT2D eigenvalue weighted by atomic mass is 9.80. The zero-order valence-corrected chi connectivity index (χ0v) is 11.3. The van der Waals surface area contributed by atoms with Crippen LogP contribution in [0.3, 0.4) is 0 Å². The minimum absolute atomic E-state index is 0.0901. The fraction of sp³-hybridized carbons (Fsp3) is 0.158. The Morgan fingerprint density at radius 2 is 1.42 bits per heavy atom. The molecule has 3 aromatic rings. The number of hydrogen-bond acceptors (Lipinski definition) is 0. The highest BCUT2D eigenvalue weighted by Gasteiger charge is 2.36. The third-order valence-corrected chi connectivity index (χ3v) is 4.44. The predicted molar refractivity (Wildman–Crippen MR) is 81.5 cm³/mol. The van der Waals surface area contributed by atoms with E-state index in [0.717, 1.165) is 0 Å². The van der Waals surface area contributed by atoms with E-state index in [0.29, 0.717) is 0 Å². The molecule has 0 spiro atoms. The third-order valence-electron chi connectivity index (χ3n) is 4.44. The van der Waals surface area contributed by atoms with E-state index in [1.54, 1.807) is 0 Å². The van der Waals surface area contributed by atoms with Gasteiger partial charge in [-0.3, -0.25) is 0 Å². The van der Waals surface area contributed by atoms with Crippen molar-refractivity contribution in [3.8, 4) is 11.1 Å². The van der Waals surface area contributed by atoms with Gasteiger partial charge in [-0.2, -0.15) is 0 Å². The van der Waals surface area contributed by atoms with Crippen LogP contribution in [0.5, 0.6) is 0 Å². The van der Waals surface area contributed by atoms with Gasteiger partial charge >= 0.3 is 0 Å². The lowest BCUT2D eigenvalue weighted by Crippen LogP contribution is -2.15. The molecule has 0 bridgehead atoms. The zero-order chi connectivity index (χ0) is 13.0. The Morgan fingerprint density at radius 3 is 2.32 bits per heavy atom. The van der Waals surface area contributed by atoms with Gasteiger partial charge in [-0.05, 0) is 33.0 Å². The molecule has 1 aliphatic carbocycles. The standard InChI is InChI=1S/C19H16/c1-19(2)17-10-6-5-9-15(17)16-12-11-13-7-3-4-8-14(13)18(16)19/h3-12H,1-2H3. The van der Waals surface area contributed by atoms with Crippen LogP contribution < -0.4 is 0 Å². The molecule has 92 valence electrons. The zero-order valence-electron chi connectivity index (χ0n) is 11.3. The molecule has 0 unspecified atom stereocenters. The lowest BCUT2D eigenvalue weighted by molar-refractivity contribution is 0.666. The number of fused-ring (bicyclic) bond motifs is 5. The van der Waals surface area contributed by atoms with Gasteiger partial charge in [-0.25, -0.2) is 0 Å². The largest absolute Gasteiger partial charge is 0.0619 e. The molecule has 0 aliphatic heterocycles.